The fraction of sp³-hybridized carbons (Fsp3) is 0.333. The fourth-order valence-corrected chi connectivity index (χ4v) is 2.16. The van der Waals surface area contributed by atoms with Gasteiger partial charge in [0.15, 0.2) is 6.61 Å². The van der Waals surface area contributed by atoms with Crippen molar-refractivity contribution in [1.29, 1.82) is 0 Å². The first-order valence-corrected chi connectivity index (χ1v) is 7.11. The maximum Gasteiger partial charge on any atom is 0.377 e. The van der Waals surface area contributed by atoms with Crippen LogP contribution in [0.5, 0.6) is 0 Å². The molecular weight excluding hydrogens is 310 g/mol. The minimum atomic E-state index is -0.736. The normalized spacial score (nSPS) is 14.9. The highest BCUT2D eigenvalue weighted by Crippen LogP contribution is 2.21. The Balaban J connectivity index is 1.81. The number of esters is 1. The van der Waals surface area contributed by atoms with Crippen molar-refractivity contribution in [2.45, 2.75) is 13.0 Å². The molecule has 7 heteroatoms. The first-order valence-electron chi connectivity index (χ1n) is 6.73. The predicted octanol–water partition coefficient (Wildman–Crippen LogP) is 1.95. The quantitative estimate of drug-likeness (QED) is 0.838. The van der Waals surface area contributed by atoms with E-state index in [2.05, 4.69) is 5.32 Å². The molecule has 1 atom stereocenters. The summed E-state index contributed by atoms with van der Waals surface area (Å²) in [6.07, 6.45) is 1.18. The van der Waals surface area contributed by atoms with E-state index in [1.54, 1.807) is 13.0 Å². The van der Waals surface area contributed by atoms with Gasteiger partial charge in [-0.25, -0.2) is 4.79 Å². The second-order valence-electron chi connectivity index (χ2n) is 4.59. The molecule has 2 rings (SSSR count). The molecule has 0 saturated carbocycles. The van der Waals surface area contributed by atoms with E-state index >= 15 is 0 Å². The molecule has 0 fully saturated rings. The average molecular weight is 326 g/mol. The molecule has 1 aliphatic heterocycles. The van der Waals surface area contributed by atoms with Crippen LogP contribution in [-0.2, 0) is 23.8 Å². The Hall–Kier alpha value is -2.21. The van der Waals surface area contributed by atoms with Crippen LogP contribution >= 0.6 is 11.6 Å². The summed E-state index contributed by atoms with van der Waals surface area (Å²) in [5, 5.41) is 3.26. The van der Waals surface area contributed by atoms with E-state index in [1.165, 1.54) is 6.26 Å². The van der Waals surface area contributed by atoms with Crippen LogP contribution in [0.3, 0.4) is 0 Å². The number of nitrogens with one attached hydrogen (secondary N) is 1. The van der Waals surface area contributed by atoms with Crippen LogP contribution < -0.4 is 5.32 Å². The second kappa shape index (κ2) is 7.70. The molecule has 118 valence electrons. The van der Waals surface area contributed by atoms with Gasteiger partial charge >= 0.3 is 5.97 Å². The van der Waals surface area contributed by atoms with Crippen LogP contribution in [0.2, 0.25) is 5.02 Å². The third-order valence-electron chi connectivity index (χ3n) is 2.93. The van der Waals surface area contributed by atoms with Gasteiger partial charge in [0.05, 0.1) is 6.04 Å². The molecular formula is C15H16ClNO5. The summed E-state index contributed by atoms with van der Waals surface area (Å²) in [5.41, 5.74) is 0.788. The Labute approximate surface area is 133 Å². The minimum absolute atomic E-state index is 0.0433. The molecule has 0 saturated heterocycles. The van der Waals surface area contributed by atoms with Crippen LogP contribution in [0, 0.1) is 0 Å². The Kier molecular flexibility index (Phi) is 5.66. The lowest BCUT2D eigenvalue weighted by Crippen LogP contribution is -2.31. The Morgan fingerprint density at radius 2 is 2.14 bits per heavy atom. The summed E-state index contributed by atoms with van der Waals surface area (Å²) in [5.74, 6) is -1.21. The van der Waals surface area contributed by atoms with E-state index in [9.17, 15) is 9.59 Å². The zero-order chi connectivity index (χ0) is 15.9. The number of rotatable bonds is 5. The number of carbonyl (C=O) groups is 2. The maximum absolute atomic E-state index is 11.8. The van der Waals surface area contributed by atoms with Gasteiger partial charge in [0, 0.05) is 5.02 Å². The topological polar surface area (TPSA) is 73.9 Å². The SMILES string of the molecule is C[C@H](NC(=O)COC(=O)C1=COCCO1)c1ccccc1Cl. The molecule has 6 nitrogen and oxygen atoms in total. The van der Waals surface area contributed by atoms with Crippen molar-refractivity contribution in [3.63, 3.8) is 0 Å². The molecule has 1 aromatic carbocycles. The molecule has 22 heavy (non-hydrogen) atoms. The lowest BCUT2D eigenvalue weighted by atomic mass is 10.1. The van der Waals surface area contributed by atoms with Gasteiger partial charge in [-0.05, 0) is 18.6 Å². The van der Waals surface area contributed by atoms with Crippen molar-refractivity contribution in [2.24, 2.45) is 0 Å². The van der Waals surface area contributed by atoms with Crippen molar-refractivity contribution >= 4 is 23.5 Å². The van der Waals surface area contributed by atoms with Crippen LogP contribution in [0.25, 0.3) is 0 Å². The van der Waals surface area contributed by atoms with Gasteiger partial charge in [0.1, 0.15) is 19.5 Å². The van der Waals surface area contributed by atoms with E-state index in [0.29, 0.717) is 11.6 Å². The molecule has 1 aliphatic rings. The lowest BCUT2D eigenvalue weighted by molar-refractivity contribution is -0.149. The minimum Gasteiger partial charge on any atom is -0.493 e. The summed E-state index contributed by atoms with van der Waals surface area (Å²) >= 11 is 6.06. The van der Waals surface area contributed by atoms with Gasteiger partial charge in [-0.1, -0.05) is 29.8 Å². The second-order valence-corrected chi connectivity index (χ2v) is 5.00. The zero-order valence-electron chi connectivity index (χ0n) is 12.0. The lowest BCUT2D eigenvalue weighted by Gasteiger charge is -2.17. The first-order chi connectivity index (χ1) is 10.6. The van der Waals surface area contributed by atoms with Crippen molar-refractivity contribution in [1.82, 2.24) is 5.32 Å². The molecule has 1 amide bonds. The monoisotopic (exact) mass is 325 g/mol. The van der Waals surface area contributed by atoms with Crippen LogP contribution in [0.4, 0.5) is 0 Å². The summed E-state index contributed by atoms with van der Waals surface area (Å²) in [7, 11) is 0. The van der Waals surface area contributed by atoms with E-state index in [4.69, 9.17) is 25.8 Å². The summed E-state index contributed by atoms with van der Waals surface area (Å²) in [4.78, 5) is 23.4. The number of benzene rings is 1. The Morgan fingerprint density at radius 1 is 1.36 bits per heavy atom. The van der Waals surface area contributed by atoms with Gasteiger partial charge in [0.2, 0.25) is 5.76 Å². The van der Waals surface area contributed by atoms with Gasteiger partial charge in [-0.15, -0.1) is 0 Å². The molecule has 1 aromatic rings. The van der Waals surface area contributed by atoms with Gasteiger partial charge < -0.3 is 19.5 Å². The number of amides is 1. The van der Waals surface area contributed by atoms with E-state index in [0.717, 1.165) is 5.56 Å². The van der Waals surface area contributed by atoms with Crippen molar-refractivity contribution in [2.75, 3.05) is 19.8 Å². The molecule has 0 unspecified atom stereocenters. The molecule has 0 radical (unpaired) electrons. The van der Waals surface area contributed by atoms with Crippen LogP contribution in [0.1, 0.15) is 18.5 Å². The van der Waals surface area contributed by atoms with Crippen LogP contribution in [-0.4, -0.2) is 31.7 Å². The number of ether oxygens (including phenoxy) is 3. The highest BCUT2D eigenvalue weighted by molar-refractivity contribution is 6.31. The van der Waals surface area contributed by atoms with E-state index in [-0.39, 0.29) is 18.4 Å². The molecule has 0 aromatic heterocycles. The van der Waals surface area contributed by atoms with E-state index < -0.39 is 18.5 Å². The number of hydrogen-bond donors (Lipinski definition) is 1. The predicted molar refractivity (Wildman–Crippen MR) is 79.0 cm³/mol. The van der Waals surface area contributed by atoms with Crippen molar-refractivity contribution < 1.29 is 23.8 Å². The highest BCUT2D eigenvalue weighted by Gasteiger charge is 2.19. The smallest absolute Gasteiger partial charge is 0.377 e. The first kappa shape index (κ1) is 16.2. The number of carbonyl (C=O) groups excluding carboxylic acids is 2. The fourth-order valence-electron chi connectivity index (χ4n) is 1.86. The molecule has 1 heterocycles. The number of hydrogen-bond acceptors (Lipinski definition) is 5. The molecule has 1 N–H and O–H groups in total. The summed E-state index contributed by atoms with van der Waals surface area (Å²) < 4.78 is 14.8. The Morgan fingerprint density at radius 3 is 2.82 bits per heavy atom. The standard InChI is InChI=1S/C15H16ClNO5/c1-10(11-4-2-3-5-12(11)16)17-14(18)9-22-15(19)13-8-20-6-7-21-13/h2-5,8,10H,6-7,9H2,1H3,(H,17,18)/t10-/m0/s1. The van der Waals surface area contributed by atoms with E-state index in [1.807, 2.05) is 18.2 Å². The highest BCUT2D eigenvalue weighted by atomic mass is 35.5. The molecule has 0 aliphatic carbocycles. The van der Waals surface area contributed by atoms with Crippen LogP contribution in [0.15, 0.2) is 36.3 Å². The van der Waals surface area contributed by atoms with Crippen molar-refractivity contribution in [3.8, 4) is 0 Å². The summed E-state index contributed by atoms with van der Waals surface area (Å²) in [6.45, 7) is 2.04. The van der Waals surface area contributed by atoms with Gasteiger partial charge in [-0.2, -0.15) is 0 Å². The summed E-state index contributed by atoms with van der Waals surface area (Å²) in [6, 6.07) is 6.90. The Bertz CT molecular complexity index is 587. The molecule has 0 bridgehead atoms. The third kappa shape index (κ3) is 4.39. The average Bonchev–Trinajstić information content (AvgIpc) is 2.53. The zero-order valence-corrected chi connectivity index (χ0v) is 12.8. The largest absolute Gasteiger partial charge is 0.493 e. The molecule has 0 spiro atoms. The van der Waals surface area contributed by atoms with Crippen molar-refractivity contribution in [3.05, 3.63) is 46.9 Å². The van der Waals surface area contributed by atoms with Gasteiger partial charge in [0.25, 0.3) is 5.91 Å². The van der Waals surface area contributed by atoms with Gasteiger partial charge in [-0.3, -0.25) is 4.79 Å². The number of halogens is 1. The third-order valence-corrected chi connectivity index (χ3v) is 3.28. The maximum atomic E-state index is 11.8.